The normalized spacial score (nSPS) is 15.4. The highest BCUT2D eigenvalue weighted by molar-refractivity contribution is 6.00. The van der Waals surface area contributed by atoms with E-state index in [1.165, 1.54) is 18.2 Å². The molecule has 0 spiro atoms. The number of aromatic hydroxyl groups is 1. The number of ether oxygens (including phenoxy) is 1. The number of phenolic OH excluding ortho intramolecular Hbond substituents is 1. The van der Waals surface area contributed by atoms with Gasteiger partial charge in [0.25, 0.3) is 11.6 Å². The average molecular weight is 408 g/mol. The number of methoxy groups -OCH3 is 1. The monoisotopic (exact) mass is 408 g/mol. The van der Waals surface area contributed by atoms with Crippen molar-refractivity contribution in [2.24, 2.45) is 0 Å². The van der Waals surface area contributed by atoms with Gasteiger partial charge < -0.3 is 14.7 Å². The zero-order valence-corrected chi connectivity index (χ0v) is 16.2. The molecule has 9 heteroatoms. The Labute approximate surface area is 172 Å². The predicted molar refractivity (Wildman–Crippen MR) is 108 cm³/mol. The zero-order chi connectivity index (χ0) is 21.3. The Kier molecular flexibility index (Phi) is 5.20. The number of amides is 1. The molecule has 0 radical (unpaired) electrons. The lowest BCUT2D eigenvalue weighted by Crippen LogP contribution is -2.31. The van der Waals surface area contributed by atoms with Crippen LogP contribution in [0.15, 0.2) is 48.5 Å². The number of benzene rings is 2. The van der Waals surface area contributed by atoms with Gasteiger partial charge in [0.2, 0.25) is 0 Å². The maximum Gasteiger partial charge on any atom is 0.275 e. The van der Waals surface area contributed by atoms with Crippen molar-refractivity contribution in [1.29, 1.82) is 0 Å². The molecule has 1 atom stereocenters. The van der Waals surface area contributed by atoms with Gasteiger partial charge in [0.05, 0.1) is 22.2 Å². The van der Waals surface area contributed by atoms with Gasteiger partial charge >= 0.3 is 0 Å². The summed E-state index contributed by atoms with van der Waals surface area (Å²) in [6.07, 6.45) is 0.589. The number of aromatic nitrogens is 2. The minimum absolute atomic E-state index is 0.0576. The van der Waals surface area contributed by atoms with Crippen molar-refractivity contribution >= 4 is 11.6 Å². The molecule has 2 aromatic carbocycles. The van der Waals surface area contributed by atoms with Gasteiger partial charge in [-0.2, -0.15) is 5.10 Å². The quantitative estimate of drug-likeness (QED) is 0.351. The van der Waals surface area contributed by atoms with Gasteiger partial charge in [-0.1, -0.05) is 12.1 Å². The lowest BCUT2D eigenvalue weighted by molar-refractivity contribution is -0.385. The molecule has 30 heavy (non-hydrogen) atoms. The molecule has 1 unspecified atom stereocenters. The van der Waals surface area contributed by atoms with Crippen LogP contribution in [-0.2, 0) is 4.74 Å². The summed E-state index contributed by atoms with van der Waals surface area (Å²) in [6.45, 7) is 0.839. The summed E-state index contributed by atoms with van der Waals surface area (Å²) in [5.41, 5.74) is 2.50. The van der Waals surface area contributed by atoms with Gasteiger partial charge in [-0.15, -0.1) is 0 Å². The molecule has 1 aliphatic rings. The zero-order valence-electron chi connectivity index (χ0n) is 16.2. The van der Waals surface area contributed by atoms with Gasteiger partial charge in [0, 0.05) is 37.5 Å². The van der Waals surface area contributed by atoms with E-state index in [1.54, 1.807) is 42.3 Å². The smallest absolute Gasteiger partial charge is 0.275 e. The number of nitro benzene ring substituents is 1. The summed E-state index contributed by atoms with van der Waals surface area (Å²) in [5.74, 6) is -0.153. The number of nitrogens with one attached hydrogen (secondary N) is 1. The first kappa shape index (κ1) is 19.6. The Hall–Kier alpha value is -3.72. The molecule has 2 heterocycles. The SMILES string of the molecule is COCCCN1C(=O)c2[nH]nc(-c3ccc(O)cc3)c2C1c1ccccc1[N+](=O)[O-]. The molecule has 1 aliphatic heterocycles. The first-order chi connectivity index (χ1) is 14.5. The molecule has 0 aliphatic carbocycles. The summed E-state index contributed by atoms with van der Waals surface area (Å²) in [4.78, 5) is 26.0. The topological polar surface area (TPSA) is 122 Å². The molecular formula is C21H20N4O5. The third-order valence-corrected chi connectivity index (χ3v) is 5.18. The number of aromatic amines is 1. The highest BCUT2D eigenvalue weighted by Crippen LogP contribution is 2.45. The molecule has 9 nitrogen and oxygen atoms in total. The fourth-order valence-corrected chi connectivity index (χ4v) is 3.85. The number of para-hydroxylation sites is 1. The minimum Gasteiger partial charge on any atom is -0.508 e. The third kappa shape index (κ3) is 3.29. The van der Waals surface area contributed by atoms with E-state index in [1.807, 2.05) is 0 Å². The van der Waals surface area contributed by atoms with Crippen LogP contribution < -0.4 is 0 Å². The Balaban J connectivity index is 1.87. The maximum atomic E-state index is 13.2. The number of hydrogen-bond donors (Lipinski definition) is 2. The van der Waals surface area contributed by atoms with Crippen molar-refractivity contribution in [2.75, 3.05) is 20.3 Å². The van der Waals surface area contributed by atoms with Crippen LogP contribution in [0.4, 0.5) is 5.69 Å². The van der Waals surface area contributed by atoms with E-state index in [4.69, 9.17) is 4.74 Å². The summed E-state index contributed by atoms with van der Waals surface area (Å²) < 4.78 is 5.11. The highest BCUT2D eigenvalue weighted by atomic mass is 16.6. The molecule has 3 aromatic rings. The second-order valence-corrected chi connectivity index (χ2v) is 6.97. The van der Waals surface area contributed by atoms with Crippen molar-refractivity contribution in [2.45, 2.75) is 12.5 Å². The second-order valence-electron chi connectivity index (χ2n) is 6.97. The van der Waals surface area contributed by atoms with E-state index in [2.05, 4.69) is 10.2 Å². The summed E-state index contributed by atoms with van der Waals surface area (Å²) in [5, 5.41) is 28.4. The first-order valence-electron chi connectivity index (χ1n) is 9.43. The van der Waals surface area contributed by atoms with E-state index in [0.717, 1.165) is 0 Å². The van der Waals surface area contributed by atoms with Gasteiger partial charge in [0.1, 0.15) is 11.4 Å². The molecule has 1 aromatic heterocycles. The van der Waals surface area contributed by atoms with Gasteiger partial charge in [-0.3, -0.25) is 20.0 Å². The summed E-state index contributed by atoms with van der Waals surface area (Å²) >= 11 is 0. The van der Waals surface area contributed by atoms with Crippen LogP contribution in [-0.4, -0.2) is 51.3 Å². The molecule has 0 saturated heterocycles. The van der Waals surface area contributed by atoms with Crippen LogP contribution >= 0.6 is 0 Å². The lowest BCUT2D eigenvalue weighted by Gasteiger charge is -2.26. The number of carbonyl (C=O) groups is 1. The number of phenols is 1. The maximum absolute atomic E-state index is 13.2. The second kappa shape index (κ2) is 7.96. The summed E-state index contributed by atoms with van der Waals surface area (Å²) in [7, 11) is 1.58. The largest absolute Gasteiger partial charge is 0.508 e. The van der Waals surface area contributed by atoms with Crippen molar-refractivity contribution in [3.63, 3.8) is 0 Å². The van der Waals surface area contributed by atoms with Crippen molar-refractivity contribution in [3.8, 4) is 17.0 Å². The third-order valence-electron chi connectivity index (χ3n) is 5.18. The number of carbonyl (C=O) groups excluding carboxylic acids is 1. The van der Waals surface area contributed by atoms with Crippen LogP contribution in [0.3, 0.4) is 0 Å². The molecule has 0 saturated carbocycles. The van der Waals surface area contributed by atoms with Crippen LogP contribution in [0.1, 0.15) is 34.1 Å². The molecule has 0 fully saturated rings. The summed E-state index contributed by atoms with van der Waals surface area (Å²) in [6, 6.07) is 12.2. The Morgan fingerprint density at radius 3 is 2.67 bits per heavy atom. The van der Waals surface area contributed by atoms with Gasteiger partial charge in [0.15, 0.2) is 0 Å². The van der Waals surface area contributed by atoms with E-state index in [9.17, 15) is 20.0 Å². The Morgan fingerprint density at radius 2 is 1.97 bits per heavy atom. The molecule has 0 bridgehead atoms. The van der Waals surface area contributed by atoms with E-state index < -0.39 is 11.0 Å². The number of hydrogen-bond acceptors (Lipinski definition) is 6. The highest BCUT2D eigenvalue weighted by Gasteiger charge is 2.44. The van der Waals surface area contributed by atoms with Crippen molar-refractivity contribution < 1.29 is 19.6 Å². The minimum atomic E-state index is -0.659. The van der Waals surface area contributed by atoms with Crippen LogP contribution in [0, 0.1) is 10.1 Å². The molecule has 1 amide bonds. The van der Waals surface area contributed by atoms with E-state index in [-0.39, 0.29) is 17.3 Å². The molecule has 4 rings (SSSR count). The molecule has 154 valence electrons. The van der Waals surface area contributed by atoms with E-state index >= 15 is 0 Å². The van der Waals surface area contributed by atoms with Crippen LogP contribution in [0.2, 0.25) is 0 Å². The van der Waals surface area contributed by atoms with Crippen molar-refractivity contribution in [3.05, 3.63) is 75.5 Å². The van der Waals surface area contributed by atoms with Gasteiger partial charge in [-0.25, -0.2) is 0 Å². The number of H-pyrrole nitrogens is 1. The number of nitrogens with zero attached hydrogens (tertiary/aromatic N) is 3. The number of nitro groups is 1. The van der Waals surface area contributed by atoms with Crippen LogP contribution in [0.25, 0.3) is 11.3 Å². The first-order valence-corrected chi connectivity index (χ1v) is 9.43. The number of rotatable bonds is 7. The Morgan fingerprint density at radius 1 is 1.23 bits per heavy atom. The fraction of sp³-hybridized carbons (Fsp3) is 0.238. The Bertz CT molecular complexity index is 1090. The molecule has 2 N–H and O–H groups in total. The standard InChI is InChI=1S/C21H20N4O5/c1-30-12-4-11-24-20(15-5-2-3-6-16(15)25(28)29)17-18(22-23-19(17)21(24)27)13-7-9-14(26)10-8-13/h2-3,5-10,20,26H,4,11-12H2,1H3,(H,22,23). The lowest BCUT2D eigenvalue weighted by atomic mass is 9.95. The van der Waals surface area contributed by atoms with Crippen molar-refractivity contribution in [1.82, 2.24) is 15.1 Å². The van der Waals surface area contributed by atoms with E-state index in [0.29, 0.717) is 47.7 Å². The average Bonchev–Trinajstić information content (AvgIpc) is 3.28. The number of fused-ring (bicyclic) bond motifs is 1. The molecular weight excluding hydrogens is 388 g/mol. The van der Waals surface area contributed by atoms with Gasteiger partial charge in [-0.05, 0) is 36.8 Å². The fourth-order valence-electron chi connectivity index (χ4n) is 3.85. The predicted octanol–water partition coefficient (Wildman–Crippen LogP) is 3.27. The van der Waals surface area contributed by atoms with Crippen LogP contribution in [0.5, 0.6) is 5.75 Å².